The number of carbonyl (C=O) groups is 2. The zero-order valence-corrected chi connectivity index (χ0v) is 12.7. The topological polar surface area (TPSA) is 66.4 Å². The Morgan fingerprint density at radius 1 is 1.16 bits per heavy atom. The molecule has 0 aliphatic carbocycles. The van der Waals surface area contributed by atoms with E-state index in [-0.39, 0.29) is 12.3 Å². The molecule has 1 amide bonds. The quantitative estimate of drug-likeness (QED) is 0.784. The van der Waals surface area contributed by atoms with E-state index in [1.54, 1.807) is 0 Å². The molecule has 1 rings (SSSR count). The van der Waals surface area contributed by atoms with Crippen LogP contribution in [0.4, 0.5) is 5.69 Å². The lowest BCUT2D eigenvalue weighted by atomic mass is 10.1. The first kappa shape index (κ1) is 15.7. The lowest BCUT2D eigenvalue weighted by Gasteiger charge is -2.09. The normalized spacial score (nSPS) is 10.3. The number of anilines is 1. The molecule has 0 aliphatic heterocycles. The van der Waals surface area contributed by atoms with Crippen LogP contribution < -0.4 is 5.32 Å². The third-order valence-corrected chi connectivity index (χ3v) is 4.02. The molecule has 19 heavy (non-hydrogen) atoms. The number of carboxylic acids is 1. The molecule has 4 nitrogen and oxygen atoms in total. The Hall–Kier alpha value is -1.36. The van der Waals surface area contributed by atoms with Crippen LogP contribution in [-0.2, 0) is 9.59 Å². The number of amides is 1. The minimum Gasteiger partial charge on any atom is -0.481 e. The molecule has 0 heterocycles. The summed E-state index contributed by atoms with van der Waals surface area (Å²) < 4.78 is 1.05. The standard InChI is InChI=1S/C14H18BrNO3/c1-9-7-11(8-10(2)14(9)15)16-12(17)5-3-4-6-13(18)19/h7-8H,3-6H2,1-2H3,(H,16,17)(H,18,19). The molecule has 0 fully saturated rings. The van der Waals surface area contributed by atoms with E-state index in [9.17, 15) is 9.59 Å². The van der Waals surface area contributed by atoms with Crippen molar-refractivity contribution in [3.8, 4) is 0 Å². The zero-order chi connectivity index (χ0) is 14.4. The third-order valence-electron chi connectivity index (χ3n) is 2.76. The van der Waals surface area contributed by atoms with Gasteiger partial charge in [-0.05, 0) is 49.9 Å². The molecular weight excluding hydrogens is 310 g/mol. The number of carbonyl (C=O) groups excluding carboxylic acids is 1. The summed E-state index contributed by atoms with van der Waals surface area (Å²) in [6.07, 6.45) is 1.58. The summed E-state index contributed by atoms with van der Waals surface area (Å²) in [4.78, 5) is 22.0. The second-order valence-electron chi connectivity index (χ2n) is 4.57. The Morgan fingerprint density at radius 3 is 2.21 bits per heavy atom. The molecule has 104 valence electrons. The molecule has 5 heteroatoms. The summed E-state index contributed by atoms with van der Waals surface area (Å²) in [7, 11) is 0. The lowest BCUT2D eigenvalue weighted by Crippen LogP contribution is -2.11. The van der Waals surface area contributed by atoms with Gasteiger partial charge in [-0.15, -0.1) is 0 Å². The van der Waals surface area contributed by atoms with Gasteiger partial charge in [0.15, 0.2) is 0 Å². The van der Waals surface area contributed by atoms with E-state index < -0.39 is 5.97 Å². The zero-order valence-electron chi connectivity index (χ0n) is 11.1. The van der Waals surface area contributed by atoms with Gasteiger partial charge in [0.2, 0.25) is 5.91 Å². The maximum atomic E-state index is 11.7. The number of rotatable bonds is 6. The van der Waals surface area contributed by atoms with Gasteiger partial charge < -0.3 is 10.4 Å². The summed E-state index contributed by atoms with van der Waals surface area (Å²) in [5, 5.41) is 11.3. The average Bonchev–Trinajstić information content (AvgIpc) is 2.31. The molecular formula is C14H18BrNO3. The number of carboxylic acid groups (broad SMARTS) is 1. The van der Waals surface area contributed by atoms with E-state index in [2.05, 4.69) is 21.2 Å². The van der Waals surface area contributed by atoms with E-state index >= 15 is 0 Å². The number of nitrogens with one attached hydrogen (secondary N) is 1. The lowest BCUT2D eigenvalue weighted by molar-refractivity contribution is -0.137. The number of aliphatic carboxylic acids is 1. The molecule has 2 N–H and O–H groups in total. The van der Waals surface area contributed by atoms with Gasteiger partial charge in [0.1, 0.15) is 0 Å². The van der Waals surface area contributed by atoms with Crippen molar-refractivity contribution in [3.63, 3.8) is 0 Å². The number of halogens is 1. The highest BCUT2D eigenvalue weighted by Crippen LogP contribution is 2.25. The number of hydrogen-bond donors (Lipinski definition) is 2. The van der Waals surface area contributed by atoms with Crippen molar-refractivity contribution < 1.29 is 14.7 Å². The molecule has 0 atom stereocenters. The van der Waals surface area contributed by atoms with Gasteiger partial charge in [-0.3, -0.25) is 9.59 Å². The molecule has 1 aromatic rings. The fourth-order valence-electron chi connectivity index (χ4n) is 1.80. The van der Waals surface area contributed by atoms with Crippen LogP contribution in [0.15, 0.2) is 16.6 Å². The van der Waals surface area contributed by atoms with E-state index in [1.165, 1.54) is 0 Å². The van der Waals surface area contributed by atoms with E-state index in [1.807, 2.05) is 26.0 Å². The summed E-state index contributed by atoms with van der Waals surface area (Å²) in [6.45, 7) is 3.94. The molecule has 0 aromatic heterocycles. The highest BCUT2D eigenvalue weighted by Gasteiger charge is 2.06. The van der Waals surface area contributed by atoms with Crippen molar-refractivity contribution in [3.05, 3.63) is 27.7 Å². The van der Waals surface area contributed by atoms with Crippen LogP contribution in [0.2, 0.25) is 0 Å². The summed E-state index contributed by atoms with van der Waals surface area (Å²) in [6, 6.07) is 3.82. The molecule has 0 saturated heterocycles. The second kappa shape index (κ2) is 7.28. The Morgan fingerprint density at radius 2 is 1.68 bits per heavy atom. The third kappa shape index (κ3) is 5.42. The Bertz CT molecular complexity index is 463. The maximum Gasteiger partial charge on any atom is 0.303 e. The molecule has 0 bridgehead atoms. The molecule has 0 unspecified atom stereocenters. The van der Waals surface area contributed by atoms with Crippen molar-refractivity contribution in [2.75, 3.05) is 5.32 Å². The summed E-state index contributed by atoms with van der Waals surface area (Å²) in [5.74, 6) is -0.897. The Kier molecular flexibility index (Phi) is 6.02. The van der Waals surface area contributed by atoms with Crippen LogP contribution in [0.3, 0.4) is 0 Å². The molecule has 0 spiro atoms. The monoisotopic (exact) mass is 327 g/mol. The highest BCUT2D eigenvalue weighted by atomic mass is 79.9. The second-order valence-corrected chi connectivity index (χ2v) is 5.37. The van der Waals surface area contributed by atoms with Crippen molar-refractivity contribution in [1.82, 2.24) is 0 Å². The van der Waals surface area contributed by atoms with Crippen molar-refractivity contribution in [2.24, 2.45) is 0 Å². The van der Waals surface area contributed by atoms with Crippen LogP contribution in [0, 0.1) is 13.8 Å². The first-order valence-electron chi connectivity index (χ1n) is 6.18. The van der Waals surface area contributed by atoms with Gasteiger partial charge in [-0.2, -0.15) is 0 Å². The van der Waals surface area contributed by atoms with E-state index in [0.29, 0.717) is 19.3 Å². The van der Waals surface area contributed by atoms with Crippen molar-refractivity contribution in [2.45, 2.75) is 39.5 Å². The smallest absolute Gasteiger partial charge is 0.303 e. The fourth-order valence-corrected chi connectivity index (χ4v) is 2.03. The van der Waals surface area contributed by atoms with Gasteiger partial charge in [-0.25, -0.2) is 0 Å². The van der Waals surface area contributed by atoms with E-state index in [0.717, 1.165) is 21.3 Å². The van der Waals surface area contributed by atoms with Crippen LogP contribution in [0.1, 0.15) is 36.8 Å². The number of aryl methyl sites for hydroxylation is 2. The first-order valence-corrected chi connectivity index (χ1v) is 6.98. The van der Waals surface area contributed by atoms with Gasteiger partial charge >= 0.3 is 5.97 Å². The SMILES string of the molecule is Cc1cc(NC(=O)CCCCC(=O)O)cc(C)c1Br. The molecule has 1 aromatic carbocycles. The fraction of sp³-hybridized carbons (Fsp3) is 0.429. The van der Waals surface area contributed by atoms with Crippen LogP contribution in [0.5, 0.6) is 0 Å². The van der Waals surface area contributed by atoms with E-state index in [4.69, 9.17) is 5.11 Å². The molecule has 0 aliphatic rings. The molecule has 0 saturated carbocycles. The van der Waals surface area contributed by atoms with Gasteiger partial charge in [-0.1, -0.05) is 15.9 Å². The Labute approximate surface area is 121 Å². The summed E-state index contributed by atoms with van der Waals surface area (Å²) >= 11 is 3.48. The van der Waals surface area contributed by atoms with Gasteiger partial charge in [0.05, 0.1) is 0 Å². The number of hydrogen-bond acceptors (Lipinski definition) is 2. The van der Waals surface area contributed by atoms with Crippen molar-refractivity contribution in [1.29, 1.82) is 0 Å². The van der Waals surface area contributed by atoms with Crippen molar-refractivity contribution >= 4 is 33.5 Å². The first-order chi connectivity index (χ1) is 8.90. The van der Waals surface area contributed by atoms with Gasteiger partial charge in [0.25, 0.3) is 0 Å². The largest absolute Gasteiger partial charge is 0.481 e. The minimum absolute atomic E-state index is 0.0773. The van der Waals surface area contributed by atoms with Crippen LogP contribution in [0.25, 0.3) is 0 Å². The number of benzene rings is 1. The minimum atomic E-state index is -0.820. The molecule has 0 radical (unpaired) electrons. The van der Waals surface area contributed by atoms with Gasteiger partial charge in [0, 0.05) is 23.0 Å². The predicted molar refractivity (Wildman–Crippen MR) is 78.3 cm³/mol. The predicted octanol–water partition coefficient (Wildman–Crippen LogP) is 3.65. The van der Waals surface area contributed by atoms with Crippen LogP contribution >= 0.6 is 15.9 Å². The average molecular weight is 328 g/mol. The number of unbranched alkanes of at least 4 members (excludes halogenated alkanes) is 1. The summed E-state index contributed by atoms with van der Waals surface area (Å²) in [5.41, 5.74) is 2.92. The van der Waals surface area contributed by atoms with Crippen LogP contribution in [-0.4, -0.2) is 17.0 Å². The maximum absolute atomic E-state index is 11.7. The highest BCUT2D eigenvalue weighted by molar-refractivity contribution is 9.10. The Balaban J connectivity index is 2.46.